The van der Waals surface area contributed by atoms with Crippen LogP contribution >= 0.6 is 11.8 Å². The summed E-state index contributed by atoms with van der Waals surface area (Å²) in [7, 11) is 1.66. The second-order valence-electron chi connectivity index (χ2n) is 7.82. The van der Waals surface area contributed by atoms with Crippen molar-refractivity contribution in [1.82, 2.24) is 0 Å². The van der Waals surface area contributed by atoms with E-state index in [1.54, 1.807) is 18.9 Å². The minimum absolute atomic E-state index is 0.0243. The molecule has 0 radical (unpaired) electrons. The van der Waals surface area contributed by atoms with Gasteiger partial charge in [0.25, 0.3) is 0 Å². The molecule has 29 heavy (non-hydrogen) atoms. The highest BCUT2D eigenvalue weighted by Crippen LogP contribution is 2.48. The maximum absolute atomic E-state index is 10.4. The zero-order valence-electron chi connectivity index (χ0n) is 16.8. The van der Waals surface area contributed by atoms with Gasteiger partial charge in [0.1, 0.15) is 11.5 Å². The molecule has 5 nitrogen and oxygen atoms in total. The first-order valence-corrected chi connectivity index (χ1v) is 11.0. The number of fused-ring (bicyclic) bond motifs is 1. The van der Waals surface area contributed by atoms with Gasteiger partial charge >= 0.3 is 0 Å². The third kappa shape index (κ3) is 3.99. The van der Waals surface area contributed by atoms with E-state index in [0.717, 1.165) is 29.9 Å². The van der Waals surface area contributed by atoms with E-state index in [0.29, 0.717) is 13.0 Å². The van der Waals surface area contributed by atoms with Gasteiger partial charge in [0.2, 0.25) is 0 Å². The predicted molar refractivity (Wildman–Crippen MR) is 114 cm³/mol. The highest BCUT2D eigenvalue weighted by molar-refractivity contribution is 8.00. The van der Waals surface area contributed by atoms with E-state index < -0.39 is 12.2 Å². The van der Waals surface area contributed by atoms with Gasteiger partial charge in [-0.15, -0.1) is 11.8 Å². The second-order valence-corrected chi connectivity index (χ2v) is 9.27. The number of hydrogen-bond acceptors (Lipinski definition) is 6. The van der Waals surface area contributed by atoms with Gasteiger partial charge < -0.3 is 24.8 Å². The minimum Gasteiger partial charge on any atom is -0.497 e. The van der Waals surface area contributed by atoms with Crippen LogP contribution in [0.5, 0.6) is 11.5 Å². The van der Waals surface area contributed by atoms with Gasteiger partial charge in [0, 0.05) is 17.2 Å². The SMILES string of the molecule is COc1ccc(Cc2cc(C3CC(O)[C@H](O)C(CO)S3)c3c(c2C)OCC3)cc1. The summed E-state index contributed by atoms with van der Waals surface area (Å²) in [4.78, 5) is 0. The molecule has 0 aromatic heterocycles. The summed E-state index contributed by atoms with van der Waals surface area (Å²) >= 11 is 1.56. The van der Waals surface area contributed by atoms with Crippen LogP contribution < -0.4 is 9.47 Å². The third-order valence-corrected chi connectivity index (χ3v) is 7.58. The van der Waals surface area contributed by atoms with Gasteiger partial charge in [0.15, 0.2) is 0 Å². The first kappa shape index (κ1) is 20.5. The zero-order valence-corrected chi connectivity index (χ0v) is 17.6. The van der Waals surface area contributed by atoms with Crippen molar-refractivity contribution < 1.29 is 24.8 Å². The minimum atomic E-state index is -0.894. The number of aliphatic hydroxyl groups is 3. The highest BCUT2D eigenvalue weighted by Gasteiger charge is 2.38. The van der Waals surface area contributed by atoms with Gasteiger partial charge in [-0.05, 0) is 54.2 Å². The van der Waals surface area contributed by atoms with Crippen LogP contribution in [-0.2, 0) is 12.8 Å². The lowest BCUT2D eigenvalue weighted by Crippen LogP contribution is -2.42. The predicted octanol–water partition coefficient (Wildman–Crippen LogP) is 2.79. The fraction of sp³-hybridized carbons (Fsp3) is 0.478. The first-order valence-electron chi connectivity index (χ1n) is 10.0. The Morgan fingerprint density at radius 2 is 1.97 bits per heavy atom. The lowest BCUT2D eigenvalue weighted by Gasteiger charge is -2.36. The summed E-state index contributed by atoms with van der Waals surface area (Å²) in [6.07, 6.45) is 0.386. The lowest BCUT2D eigenvalue weighted by atomic mass is 9.89. The van der Waals surface area contributed by atoms with E-state index in [1.165, 1.54) is 22.3 Å². The molecule has 2 aliphatic rings. The molecule has 2 aromatic carbocycles. The molecule has 1 fully saturated rings. The topological polar surface area (TPSA) is 79.2 Å². The van der Waals surface area contributed by atoms with Gasteiger partial charge in [-0.2, -0.15) is 0 Å². The van der Waals surface area contributed by atoms with Crippen LogP contribution in [0.25, 0.3) is 0 Å². The molecular weight excluding hydrogens is 388 g/mol. The molecule has 3 unspecified atom stereocenters. The van der Waals surface area contributed by atoms with Gasteiger partial charge in [-0.25, -0.2) is 0 Å². The summed E-state index contributed by atoms with van der Waals surface area (Å²) in [5.74, 6) is 1.80. The van der Waals surface area contributed by atoms with Gasteiger partial charge in [0.05, 0.1) is 37.8 Å². The molecule has 0 saturated carbocycles. The van der Waals surface area contributed by atoms with Gasteiger partial charge in [-0.1, -0.05) is 18.2 Å². The molecule has 2 heterocycles. The quantitative estimate of drug-likeness (QED) is 0.696. The van der Waals surface area contributed by atoms with E-state index in [1.807, 2.05) is 12.1 Å². The van der Waals surface area contributed by atoms with Crippen LogP contribution in [0.2, 0.25) is 0 Å². The number of rotatable bonds is 5. The fourth-order valence-corrected chi connectivity index (χ4v) is 5.85. The lowest BCUT2D eigenvalue weighted by molar-refractivity contribution is -0.000226. The number of methoxy groups -OCH3 is 1. The van der Waals surface area contributed by atoms with Crippen molar-refractivity contribution in [3.05, 3.63) is 58.1 Å². The van der Waals surface area contributed by atoms with E-state index >= 15 is 0 Å². The van der Waals surface area contributed by atoms with Crippen LogP contribution in [0.3, 0.4) is 0 Å². The highest BCUT2D eigenvalue weighted by atomic mass is 32.2. The zero-order chi connectivity index (χ0) is 20.5. The van der Waals surface area contributed by atoms with Crippen LogP contribution in [0, 0.1) is 6.92 Å². The van der Waals surface area contributed by atoms with Crippen LogP contribution in [0.1, 0.15) is 39.5 Å². The van der Waals surface area contributed by atoms with Crippen molar-refractivity contribution in [2.75, 3.05) is 20.3 Å². The Labute approximate surface area is 175 Å². The largest absolute Gasteiger partial charge is 0.497 e. The van der Waals surface area contributed by atoms with E-state index in [2.05, 4.69) is 25.1 Å². The molecule has 0 amide bonds. The van der Waals surface area contributed by atoms with Crippen molar-refractivity contribution in [3.63, 3.8) is 0 Å². The number of aliphatic hydroxyl groups excluding tert-OH is 3. The summed E-state index contributed by atoms with van der Waals surface area (Å²) in [6, 6.07) is 10.3. The number of thioether (sulfide) groups is 1. The van der Waals surface area contributed by atoms with Gasteiger partial charge in [-0.3, -0.25) is 0 Å². The third-order valence-electron chi connectivity index (χ3n) is 6.02. The number of ether oxygens (including phenoxy) is 2. The molecule has 0 aliphatic carbocycles. The van der Waals surface area contributed by atoms with Crippen molar-refractivity contribution in [3.8, 4) is 11.5 Å². The molecule has 2 aromatic rings. The Balaban J connectivity index is 1.69. The standard InChI is InChI=1S/C23H28O5S/c1-13-15(9-14-3-5-16(27-2)6-4-14)10-18(17-7-8-28-23(13)17)20-11-19(25)22(26)21(12-24)29-20/h3-6,10,19-22,24-26H,7-9,11-12H2,1-2H3/t19?,20?,21?,22-/m0/s1. The van der Waals surface area contributed by atoms with Crippen molar-refractivity contribution in [2.45, 2.75) is 48.9 Å². The summed E-state index contributed by atoms with van der Waals surface area (Å²) in [5, 5.41) is 29.8. The molecule has 4 atom stereocenters. The van der Waals surface area contributed by atoms with E-state index in [9.17, 15) is 15.3 Å². The molecule has 156 valence electrons. The Morgan fingerprint density at radius 3 is 2.66 bits per heavy atom. The molecule has 2 aliphatic heterocycles. The normalized spacial score (nSPS) is 26.1. The smallest absolute Gasteiger partial charge is 0.126 e. The second kappa shape index (κ2) is 8.56. The van der Waals surface area contributed by atoms with Crippen LogP contribution in [0.15, 0.2) is 30.3 Å². The van der Waals surface area contributed by atoms with E-state index in [4.69, 9.17) is 9.47 Å². The average molecular weight is 417 g/mol. The molecule has 0 spiro atoms. The average Bonchev–Trinajstić information content (AvgIpc) is 3.23. The summed E-state index contributed by atoms with van der Waals surface area (Å²) in [5.41, 5.74) is 5.93. The Morgan fingerprint density at radius 1 is 1.21 bits per heavy atom. The summed E-state index contributed by atoms with van der Waals surface area (Å²) < 4.78 is 11.2. The first-order chi connectivity index (χ1) is 14.0. The van der Waals surface area contributed by atoms with E-state index in [-0.39, 0.29) is 17.1 Å². The maximum atomic E-state index is 10.4. The Bertz CT molecular complexity index is 867. The molecule has 3 N–H and O–H groups in total. The Kier molecular flexibility index (Phi) is 6.06. The molecule has 4 rings (SSSR count). The van der Waals surface area contributed by atoms with Crippen LogP contribution in [0.4, 0.5) is 0 Å². The molecule has 6 heteroatoms. The fourth-order valence-electron chi connectivity index (χ4n) is 4.33. The van der Waals surface area contributed by atoms with Crippen molar-refractivity contribution in [2.24, 2.45) is 0 Å². The Hall–Kier alpha value is -1.73. The molecule has 1 saturated heterocycles. The van der Waals surface area contributed by atoms with Crippen molar-refractivity contribution >= 4 is 11.8 Å². The number of hydrogen-bond donors (Lipinski definition) is 3. The monoisotopic (exact) mass is 416 g/mol. The molecule has 0 bridgehead atoms. The summed E-state index contributed by atoms with van der Waals surface area (Å²) in [6.45, 7) is 2.62. The molecular formula is C23H28O5S. The van der Waals surface area contributed by atoms with Crippen LogP contribution in [-0.4, -0.2) is 53.1 Å². The number of benzene rings is 2. The van der Waals surface area contributed by atoms with Crippen molar-refractivity contribution in [1.29, 1.82) is 0 Å². The maximum Gasteiger partial charge on any atom is 0.126 e.